The Morgan fingerprint density at radius 2 is 2.00 bits per heavy atom. The van der Waals surface area contributed by atoms with Crippen LogP contribution in [0.25, 0.3) is 0 Å². The summed E-state index contributed by atoms with van der Waals surface area (Å²) in [4.78, 5) is 0. The lowest BCUT2D eigenvalue weighted by Crippen LogP contribution is -2.00. The number of benzene rings is 1. The zero-order valence-electron chi connectivity index (χ0n) is 6.36. The standard InChI is InChI=1S/C9H8F3/c1-6(5-10)8-4-7(11)2-3-9(8)12/h2-4,6H,1,5H2. The molecule has 0 saturated carbocycles. The first kappa shape index (κ1) is 9.10. The maximum atomic E-state index is 12.8. The van der Waals surface area contributed by atoms with E-state index < -0.39 is 24.2 Å². The summed E-state index contributed by atoms with van der Waals surface area (Å²) in [6, 6.07) is 2.93. The van der Waals surface area contributed by atoms with E-state index >= 15 is 0 Å². The summed E-state index contributed by atoms with van der Waals surface area (Å²) in [5.41, 5.74) is -0.0162. The Labute approximate surface area is 69.0 Å². The van der Waals surface area contributed by atoms with Gasteiger partial charge in [0.2, 0.25) is 0 Å². The number of hydrogen-bond donors (Lipinski definition) is 0. The monoisotopic (exact) mass is 173 g/mol. The fraction of sp³-hybridized carbons (Fsp3) is 0.222. The zero-order valence-corrected chi connectivity index (χ0v) is 6.36. The molecule has 1 aromatic rings. The van der Waals surface area contributed by atoms with Gasteiger partial charge in [0.25, 0.3) is 0 Å². The van der Waals surface area contributed by atoms with Crippen LogP contribution >= 0.6 is 0 Å². The van der Waals surface area contributed by atoms with Crippen molar-refractivity contribution in [1.29, 1.82) is 0 Å². The molecule has 0 amide bonds. The van der Waals surface area contributed by atoms with Gasteiger partial charge in [0.05, 0.1) is 6.67 Å². The summed E-state index contributed by atoms with van der Waals surface area (Å²) < 4.78 is 37.4. The third-order valence-electron chi connectivity index (χ3n) is 1.58. The van der Waals surface area contributed by atoms with Crippen LogP contribution in [0.15, 0.2) is 18.2 Å². The van der Waals surface area contributed by atoms with Gasteiger partial charge in [-0.3, -0.25) is 4.39 Å². The van der Waals surface area contributed by atoms with Crippen LogP contribution in [0.4, 0.5) is 13.2 Å². The maximum Gasteiger partial charge on any atom is 0.126 e. The summed E-state index contributed by atoms with van der Waals surface area (Å²) in [6.45, 7) is 2.56. The van der Waals surface area contributed by atoms with Crippen molar-refractivity contribution < 1.29 is 13.2 Å². The van der Waals surface area contributed by atoms with E-state index in [1.165, 1.54) is 0 Å². The lowest BCUT2D eigenvalue weighted by atomic mass is 10.0. The first-order valence-electron chi connectivity index (χ1n) is 3.49. The molecule has 0 aromatic heterocycles. The van der Waals surface area contributed by atoms with Crippen molar-refractivity contribution in [2.45, 2.75) is 5.92 Å². The van der Waals surface area contributed by atoms with Crippen molar-refractivity contribution in [3.05, 3.63) is 42.3 Å². The molecule has 0 aliphatic rings. The molecule has 0 aliphatic heterocycles. The summed E-state index contributed by atoms with van der Waals surface area (Å²) in [5.74, 6) is -2.02. The highest BCUT2D eigenvalue weighted by atomic mass is 19.1. The Hall–Kier alpha value is -0.990. The number of hydrogen-bond acceptors (Lipinski definition) is 0. The molecule has 12 heavy (non-hydrogen) atoms. The number of halogens is 3. The molecule has 1 atom stereocenters. The quantitative estimate of drug-likeness (QED) is 0.645. The second kappa shape index (κ2) is 3.61. The lowest BCUT2D eigenvalue weighted by molar-refractivity contribution is 0.453. The zero-order chi connectivity index (χ0) is 9.14. The molecular weight excluding hydrogens is 165 g/mol. The van der Waals surface area contributed by atoms with Gasteiger partial charge in [-0.05, 0) is 30.7 Å². The van der Waals surface area contributed by atoms with Gasteiger partial charge in [-0.2, -0.15) is 0 Å². The van der Waals surface area contributed by atoms with Gasteiger partial charge in [-0.25, -0.2) is 8.78 Å². The molecule has 0 spiro atoms. The molecule has 0 nitrogen and oxygen atoms in total. The van der Waals surface area contributed by atoms with E-state index in [4.69, 9.17) is 0 Å². The normalized spacial score (nSPS) is 13.0. The van der Waals surface area contributed by atoms with Gasteiger partial charge in [0.15, 0.2) is 0 Å². The minimum absolute atomic E-state index is 0.0162. The lowest BCUT2D eigenvalue weighted by Gasteiger charge is -2.07. The van der Waals surface area contributed by atoms with Crippen molar-refractivity contribution in [3.63, 3.8) is 0 Å². The first-order valence-corrected chi connectivity index (χ1v) is 3.49. The van der Waals surface area contributed by atoms with Gasteiger partial charge < -0.3 is 0 Å². The average molecular weight is 173 g/mol. The van der Waals surface area contributed by atoms with Crippen LogP contribution in [0.2, 0.25) is 0 Å². The van der Waals surface area contributed by atoms with Crippen LogP contribution in [0.3, 0.4) is 0 Å². The molecule has 3 heteroatoms. The van der Waals surface area contributed by atoms with Crippen LogP contribution in [-0.2, 0) is 0 Å². The molecule has 0 heterocycles. The molecule has 1 rings (SSSR count). The van der Waals surface area contributed by atoms with Crippen molar-refractivity contribution in [2.75, 3.05) is 6.67 Å². The van der Waals surface area contributed by atoms with Crippen LogP contribution in [-0.4, -0.2) is 6.67 Å². The van der Waals surface area contributed by atoms with Gasteiger partial charge in [0, 0.05) is 5.92 Å². The van der Waals surface area contributed by atoms with E-state index in [1.807, 2.05) is 0 Å². The SMILES string of the molecule is [CH2]C(CF)c1cc(F)ccc1F. The average Bonchev–Trinajstić information content (AvgIpc) is 2.08. The van der Waals surface area contributed by atoms with Crippen molar-refractivity contribution in [2.24, 2.45) is 0 Å². The molecule has 1 unspecified atom stereocenters. The molecule has 0 N–H and O–H groups in total. The second-order valence-electron chi connectivity index (χ2n) is 2.52. The molecule has 0 fully saturated rings. The third kappa shape index (κ3) is 1.78. The van der Waals surface area contributed by atoms with E-state index in [2.05, 4.69) is 6.92 Å². The van der Waals surface area contributed by atoms with Crippen LogP contribution < -0.4 is 0 Å². The second-order valence-corrected chi connectivity index (χ2v) is 2.52. The topological polar surface area (TPSA) is 0 Å². The smallest absolute Gasteiger partial charge is 0.126 e. The minimum Gasteiger partial charge on any atom is -0.250 e. The molecule has 0 bridgehead atoms. The van der Waals surface area contributed by atoms with Crippen LogP contribution in [0.5, 0.6) is 0 Å². The van der Waals surface area contributed by atoms with Crippen LogP contribution in [0, 0.1) is 18.6 Å². The summed E-state index contributed by atoms with van der Waals surface area (Å²) >= 11 is 0. The van der Waals surface area contributed by atoms with Crippen molar-refractivity contribution in [3.8, 4) is 0 Å². The summed E-state index contributed by atoms with van der Waals surface area (Å²) in [6.07, 6.45) is 0. The predicted molar refractivity (Wildman–Crippen MR) is 40.4 cm³/mol. The highest BCUT2D eigenvalue weighted by Gasteiger charge is 2.11. The Kier molecular flexibility index (Phi) is 2.74. The fourth-order valence-corrected chi connectivity index (χ4v) is 0.911. The van der Waals surface area contributed by atoms with E-state index in [0.29, 0.717) is 0 Å². The Morgan fingerprint density at radius 1 is 1.33 bits per heavy atom. The Morgan fingerprint density at radius 3 is 2.58 bits per heavy atom. The van der Waals surface area contributed by atoms with Gasteiger partial charge in [-0.15, -0.1) is 0 Å². The number of rotatable bonds is 2. The fourth-order valence-electron chi connectivity index (χ4n) is 0.911. The third-order valence-corrected chi connectivity index (χ3v) is 1.58. The molecule has 0 aliphatic carbocycles. The molecule has 1 radical (unpaired) electrons. The molecule has 65 valence electrons. The highest BCUT2D eigenvalue weighted by Crippen LogP contribution is 2.19. The van der Waals surface area contributed by atoms with E-state index in [1.54, 1.807) is 0 Å². The van der Waals surface area contributed by atoms with Crippen LogP contribution in [0.1, 0.15) is 11.5 Å². The first-order chi connectivity index (χ1) is 5.65. The van der Waals surface area contributed by atoms with E-state index in [0.717, 1.165) is 18.2 Å². The highest BCUT2D eigenvalue weighted by molar-refractivity contribution is 5.23. The maximum absolute atomic E-state index is 12.8. The minimum atomic E-state index is -0.833. The Bertz CT molecular complexity index is 270. The summed E-state index contributed by atoms with van der Waals surface area (Å²) in [7, 11) is 0. The molecular formula is C9H8F3. The van der Waals surface area contributed by atoms with Gasteiger partial charge in [0.1, 0.15) is 11.6 Å². The van der Waals surface area contributed by atoms with Crippen molar-refractivity contribution in [1.82, 2.24) is 0 Å². The van der Waals surface area contributed by atoms with E-state index in [-0.39, 0.29) is 5.56 Å². The molecule has 1 aromatic carbocycles. The number of alkyl halides is 1. The van der Waals surface area contributed by atoms with Crippen molar-refractivity contribution >= 4 is 0 Å². The molecule has 0 saturated heterocycles. The van der Waals surface area contributed by atoms with Gasteiger partial charge in [-0.1, -0.05) is 0 Å². The van der Waals surface area contributed by atoms with Gasteiger partial charge >= 0.3 is 0 Å². The van der Waals surface area contributed by atoms with E-state index in [9.17, 15) is 13.2 Å². The Balaban J connectivity index is 3.04. The predicted octanol–water partition coefficient (Wildman–Crippen LogP) is 2.85. The summed E-state index contributed by atoms with van der Waals surface area (Å²) in [5, 5.41) is 0. The largest absolute Gasteiger partial charge is 0.250 e.